The van der Waals surface area contributed by atoms with E-state index in [1.165, 1.54) is 38.5 Å². The van der Waals surface area contributed by atoms with Crippen molar-refractivity contribution >= 4 is 73.2 Å². The minimum absolute atomic E-state index is 0.0457. The summed E-state index contributed by atoms with van der Waals surface area (Å²) >= 11 is 12.2. The van der Waals surface area contributed by atoms with Crippen LogP contribution in [0.2, 0.25) is 10.0 Å². The molecule has 0 radical (unpaired) electrons. The van der Waals surface area contributed by atoms with Crippen molar-refractivity contribution in [2.24, 2.45) is 0 Å². The number of anilines is 4. The van der Waals surface area contributed by atoms with Crippen LogP contribution in [0.25, 0.3) is 11.0 Å². The molecule has 0 spiro atoms. The Morgan fingerprint density at radius 1 is 0.762 bits per heavy atom. The number of sulfonamides is 1. The summed E-state index contributed by atoms with van der Waals surface area (Å²) in [6.07, 6.45) is 0. The van der Waals surface area contributed by atoms with Crippen molar-refractivity contribution in [3.05, 3.63) is 101 Å². The number of fused-ring (bicyclic) bond motifs is 1. The Morgan fingerprint density at radius 2 is 1.40 bits per heavy atom. The first-order chi connectivity index (χ1) is 20.2. The largest absolute Gasteiger partial charge is 0.497 e. The lowest BCUT2D eigenvalue weighted by Gasteiger charge is -2.15. The van der Waals surface area contributed by atoms with Crippen molar-refractivity contribution in [2.45, 2.75) is 4.90 Å². The second kappa shape index (κ2) is 12.1. The molecule has 42 heavy (non-hydrogen) atoms. The minimum Gasteiger partial charge on any atom is -0.497 e. The van der Waals surface area contributed by atoms with Crippen LogP contribution >= 0.6 is 23.2 Å². The van der Waals surface area contributed by atoms with E-state index in [1.807, 2.05) is 0 Å². The van der Waals surface area contributed by atoms with E-state index in [-0.39, 0.29) is 37.8 Å². The Balaban J connectivity index is 1.47. The molecule has 13 heteroatoms. The second-order valence-electron chi connectivity index (χ2n) is 8.82. The van der Waals surface area contributed by atoms with Crippen LogP contribution in [0.4, 0.5) is 23.0 Å². The van der Waals surface area contributed by atoms with Crippen molar-refractivity contribution in [3.63, 3.8) is 0 Å². The fraction of sp³-hybridized carbons (Fsp3) is 0.0690. The number of halogens is 2. The molecule has 3 N–H and O–H groups in total. The van der Waals surface area contributed by atoms with Gasteiger partial charge >= 0.3 is 0 Å². The van der Waals surface area contributed by atoms with Gasteiger partial charge in [0.2, 0.25) is 0 Å². The molecule has 0 saturated carbocycles. The molecule has 1 amide bonds. The summed E-state index contributed by atoms with van der Waals surface area (Å²) in [6.45, 7) is 0. The van der Waals surface area contributed by atoms with Crippen LogP contribution in [0.3, 0.4) is 0 Å². The summed E-state index contributed by atoms with van der Waals surface area (Å²) in [7, 11) is -1.16. The molecule has 214 valence electrons. The third-order valence-corrected chi connectivity index (χ3v) is 8.17. The molecule has 5 aromatic rings. The first kappa shape index (κ1) is 28.9. The van der Waals surface area contributed by atoms with Gasteiger partial charge in [0, 0.05) is 29.6 Å². The first-order valence-corrected chi connectivity index (χ1v) is 14.6. The highest BCUT2D eigenvalue weighted by atomic mass is 35.5. The Labute approximate surface area is 251 Å². The Hall–Kier alpha value is -4.58. The summed E-state index contributed by atoms with van der Waals surface area (Å²) in [5.74, 6) is 0.588. The average Bonchev–Trinajstić information content (AvgIpc) is 2.98. The van der Waals surface area contributed by atoms with Crippen LogP contribution < -0.4 is 24.8 Å². The number of methoxy groups -OCH3 is 2. The third-order valence-electron chi connectivity index (χ3n) is 6.01. The topological polar surface area (TPSA) is 132 Å². The predicted octanol–water partition coefficient (Wildman–Crippen LogP) is 6.75. The van der Waals surface area contributed by atoms with Crippen molar-refractivity contribution in [3.8, 4) is 11.5 Å². The zero-order valence-electron chi connectivity index (χ0n) is 22.2. The van der Waals surface area contributed by atoms with Crippen molar-refractivity contribution in [1.82, 2.24) is 9.97 Å². The molecule has 5 rings (SSSR count). The molecule has 1 aromatic heterocycles. The molecule has 0 atom stereocenters. The van der Waals surface area contributed by atoms with Gasteiger partial charge in [-0.25, -0.2) is 18.4 Å². The van der Waals surface area contributed by atoms with Crippen molar-refractivity contribution < 1.29 is 22.7 Å². The number of nitrogens with zero attached hydrogens (tertiary/aromatic N) is 2. The van der Waals surface area contributed by atoms with Crippen molar-refractivity contribution in [1.29, 1.82) is 0 Å². The fourth-order valence-corrected chi connectivity index (χ4v) is 5.42. The minimum atomic E-state index is -4.20. The van der Waals surface area contributed by atoms with Gasteiger partial charge in [-0.05, 0) is 42.5 Å². The lowest BCUT2D eigenvalue weighted by molar-refractivity contribution is 0.102. The summed E-state index contributed by atoms with van der Waals surface area (Å²) < 4.78 is 40.3. The first-order valence-electron chi connectivity index (χ1n) is 12.3. The third kappa shape index (κ3) is 6.33. The monoisotopic (exact) mass is 623 g/mol. The van der Waals surface area contributed by atoms with Gasteiger partial charge < -0.3 is 20.1 Å². The number of nitrogens with one attached hydrogen (secondary N) is 3. The smallest absolute Gasteiger partial charge is 0.263 e. The molecule has 10 nitrogen and oxygen atoms in total. The Morgan fingerprint density at radius 3 is 2.07 bits per heavy atom. The normalized spacial score (nSPS) is 11.1. The predicted molar refractivity (Wildman–Crippen MR) is 164 cm³/mol. The van der Waals surface area contributed by atoms with Gasteiger partial charge in [0.15, 0.2) is 11.6 Å². The molecule has 0 saturated heterocycles. The number of rotatable bonds is 9. The van der Waals surface area contributed by atoms with Gasteiger partial charge in [0.1, 0.15) is 11.5 Å². The van der Waals surface area contributed by atoms with Gasteiger partial charge in [0.25, 0.3) is 15.9 Å². The van der Waals surface area contributed by atoms with Gasteiger partial charge in [-0.3, -0.25) is 9.52 Å². The van der Waals surface area contributed by atoms with Crippen LogP contribution in [0.15, 0.2) is 89.8 Å². The lowest BCUT2D eigenvalue weighted by Crippen LogP contribution is -2.17. The van der Waals surface area contributed by atoms with E-state index in [0.717, 1.165) is 0 Å². The van der Waals surface area contributed by atoms with Crippen LogP contribution in [0, 0.1) is 0 Å². The maximum absolute atomic E-state index is 13.6. The van der Waals surface area contributed by atoms with Crippen LogP contribution in [-0.2, 0) is 10.0 Å². The number of ether oxygens (including phenoxy) is 2. The van der Waals surface area contributed by atoms with Gasteiger partial charge in [-0.2, -0.15) is 0 Å². The van der Waals surface area contributed by atoms with Gasteiger partial charge in [0.05, 0.1) is 45.8 Å². The highest BCUT2D eigenvalue weighted by Gasteiger charge is 2.21. The SMILES string of the molecule is COc1cc(Nc2nc3ccccc3nc2NS(=O)(=O)c2cccc(NC(=O)c3cccc(Cl)c3Cl)c2)cc(OC)c1. The summed E-state index contributed by atoms with van der Waals surface area (Å²) in [4.78, 5) is 21.8. The number of para-hydroxylation sites is 2. The number of hydrogen-bond acceptors (Lipinski definition) is 8. The Kier molecular flexibility index (Phi) is 8.34. The second-order valence-corrected chi connectivity index (χ2v) is 11.3. The van der Waals surface area contributed by atoms with E-state index in [9.17, 15) is 13.2 Å². The zero-order valence-corrected chi connectivity index (χ0v) is 24.5. The van der Waals surface area contributed by atoms with Crippen LogP contribution in [-0.4, -0.2) is 38.5 Å². The number of amides is 1. The fourth-order valence-electron chi connectivity index (χ4n) is 3.98. The van der Waals surface area contributed by atoms with Crippen LogP contribution in [0.5, 0.6) is 11.5 Å². The molecule has 0 aliphatic rings. The molecule has 4 aromatic carbocycles. The van der Waals surface area contributed by atoms with Crippen molar-refractivity contribution in [2.75, 3.05) is 29.6 Å². The highest BCUT2D eigenvalue weighted by Crippen LogP contribution is 2.32. The summed E-state index contributed by atoms with van der Waals surface area (Å²) in [5, 5.41) is 6.08. The molecule has 0 bridgehead atoms. The molecule has 0 aliphatic carbocycles. The summed E-state index contributed by atoms with van der Waals surface area (Å²) in [6, 6.07) is 22.6. The molecule has 1 heterocycles. The van der Waals surface area contributed by atoms with Crippen LogP contribution in [0.1, 0.15) is 10.4 Å². The van der Waals surface area contributed by atoms with E-state index in [4.69, 9.17) is 32.7 Å². The van der Waals surface area contributed by atoms with Gasteiger partial charge in [-0.1, -0.05) is 47.5 Å². The quantitative estimate of drug-likeness (QED) is 0.164. The van der Waals surface area contributed by atoms with E-state index < -0.39 is 15.9 Å². The molecule has 0 unspecified atom stereocenters. The Bertz CT molecular complexity index is 1900. The number of carbonyl (C=O) groups excluding carboxylic acids is 1. The molecular formula is C29H23Cl2N5O5S. The maximum Gasteiger partial charge on any atom is 0.263 e. The van der Waals surface area contributed by atoms with E-state index in [0.29, 0.717) is 28.2 Å². The molecule has 0 aliphatic heterocycles. The van der Waals surface area contributed by atoms with E-state index >= 15 is 0 Å². The number of aromatic nitrogens is 2. The summed E-state index contributed by atoms with van der Waals surface area (Å²) in [5.41, 5.74) is 1.92. The average molecular weight is 625 g/mol. The van der Waals surface area contributed by atoms with Gasteiger partial charge in [-0.15, -0.1) is 0 Å². The number of carbonyl (C=O) groups is 1. The highest BCUT2D eigenvalue weighted by molar-refractivity contribution is 7.92. The lowest BCUT2D eigenvalue weighted by atomic mass is 10.2. The van der Waals surface area contributed by atoms with E-state index in [1.54, 1.807) is 60.7 Å². The number of hydrogen-bond donors (Lipinski definition) is 3. The standard InChI is InChI=1S/C29H23Cl2N5O5S/c1-40-19-13-18(14-20(16-19)41-2)32-27-28(35-25-12-4-3-11-24(25)34-27)36-42(38,39)21-8-5-7-17(15-21)33-29(37)22-9-6-10-23(30)26(22)31/h3-16H,1-2H3,(H,32,34)(H,33,37)(H,35,36). The zero-order chi connectivity index (χ0) is 29.9. The maximum atomic E-state index is 13.6. The molecular weight excluding hydrogens is 601 g/mol. The van der Waals surface area contributed by atoms with E-state index in [2.05, 4.69) is 25.3 Å². The molecule has 0 fully saturated rings. The number of benzene rings is 4.